The Balaban J connectivity index is 1.56. The van der Waals surface area contributed by atoms with E-state index >= 15 is 0 Å². The Morgan fingerprint density at radius 3 is 2.15 bits per heavy atom. The Kier molecular flexibility index (Phi) is 6.88. The van der Waals surface area contributed by atoms with Crippen molar-refractivity contribution in [2.75, 3.05) is 0 Å². The molecule has 4 N–H and O–H groups in total. The van der Waals surface area contributed by atoms with Crippen molar-refractivity contribution in [1.82, 2.24) is 0 Å². The minimum Gasteiger partial charge on any atom is -0.390 e. The molecule has 190 valence electrons. The third-order valence-electron chi connectivity index (χ3n) is 11.7. The zero-order valence-electron chi connectivity index (χ0n) is 21.6. The summed E-state index contributed by atoms with van der Waals surface area (Å²) in [4.78, 5) is 13.3. The molecule has 0 amide bonds. The summed E-state index contributed by atoms with van der Waals surface area (Å²) < 4.78 is 0. The molecule has 11 unspecified atom stereocenters. The van der Waals surface area contributed by atoms with Gasteiger partial charge in [-0.25, -0.2) is 0 Å². The van der Waals surface area contributed by atoms with Crippen molar-refractivity contribution in [2.24, 2.45) is 58.2 Å². The fraction of sp³-hybridized carbons (Fsp3) is 0.964. The maximum Gasteiger partial charge on any atom is 0.136 e. The van der Waals surface area contributed by atoms with Gasteiger partial charge in [0, 0.05) is 12.3 Å². The molecular formula is C28H48O5. The number of fused-ring (bicyclic) bond motifs is 5. The first-order chi connectivity index (χ1) is 15.3. The average Bonchev–Trinajstić information content (AvgIpc) is 3.10. The number of aliphatic hydroxyl groups is 4. The number of carbonyl (C=O) groups is 1. The number of carbonyl (C=O) groups excluding carboxylic acids is 1. The van der Waals surface area contributed by atoms with Crippen molar-refractivity contribution in [3.05, 3.63) is 0 Å². The molecule has 0 aromatic rings. The van der Waals surface area contributed by atoms with Crippen LogP contribution >= 0.6 is 0 Å². The van der Waals surface area contributed by atoms with Gasteiger partial charge in [0.1, 0.15) is 5.78 Å². The smallest absolute Gasteiger partial charge is 0.136 e. The molecule has 0 radical (unpaired) electrons. The highest BCUT2D eigenvalue weighted by atomic mass is 16.3. The van der Waals surface area contributed by atoms with Crippen LogP contribution in [0.5, 0.6) is 0 Å². The lowest BCUT2D eigenvalue weighted by Gasteiger charge is -2.61. The minimum absolute atomic E-state index is 0.0158. The summed E-state index contributed by atoms with van der Waals surface area (Å²) in [5.74, 6) is 2.05. The summed E-state index contributed by atoms with van der Waals surface area (Å²) in [6.45, 7) is 12.9. The topological polar surface area (TPSA) is 98.0 Å². The summed E-state index contributed by atoms with van der Waals surface area (Å²) in [5.41, 5.74) is -0.162. The molecule has 0 saturated heterocycles. The van der Waals surface area contributed by atoms with E-state index in [9.17, 15) is 25.2 Å². The predicted molar refractivity (Wildman–Crippen MR) is 128 cm³/mol. The molecule has 4 fully saturated rings. The van der Waals surface area contributed by atoms with Crippen molar-refractivity contribution in [3.8, 4) is 0 Å². The second kappa shape index (κ2) is 8.87. The van der Waals surface area contributed by atoms with Crippen LogP contribution in [0, 0.1) is 58.2 Å². The summed E-state index contributed by atoms with van der Waals surface area (Å²) >= 11 is 0. The van der Waals surface area contributed by atoms with Crippen molar-refractivity contribution in [2.45, 2.75) is 111 Å². The molecule has 0 bridgehead atoms. The van der Waals surface area contributed by atoms with Gasteiger partial charge in [-0.05, 0) is 90.8 Å². The fourth-order valence-electron chi connectivity index (χ4n) is 9.23. The highest BCUT2D eigenvalue weighted by Gasteiger charge is 2.63. The quantitative estimate of drug-likeness (QED) is 0.496. The van der Waals surface area contributed by atoms with E-state index in [1.807, 2.05) is 6.92 Å². The van der Waals surface area contributed by atoms with Crippen LogP contribution in [0.3, 0.4) is 0 Å². The molecule has 4 aliphatic carbocycles. The summed E-state index contributed by atoms with van der Waals surface area (Å²) in [6, 6.07) is 0. The Bertz CT molecular complexity index is 738. The maximum absolute atomic E-state index is 13.3. The Morgan fingerprint density at radius 1 is 0.879 bits per heavy atom. The van der Waals surface area contributed by atoms with Crippen LogP contribution < -0.4 is 0 Å². The van der Waals surface area contributed by atoms with E-state index in [0.29, 0.717) is 48.9 Å². The van der Waals surface area contributed by atoms with Gasteiger partial charge in [0.05, 0.1) is 24.4 Å². The van der Waals surface area contributed by atoms with Crippen LogP contribution in [0.15, 0.2) is 0 Å². The van der Waals surface area contributed by atoms with E-state index in [0.717, 1.165) is 25.7 Å². The molecule has 33 heavy (non-hydrogen) atoms. The van der Waals surface area contributed by atoms with Crippen LogP contribution in [0.1, 0.15) is 86.5 Å². The summed E-state index contributed by atoms with van der Waals surface area (Å²) in [6.07, 6.45) is 2.80. The van der Waals surface area contributed by atoms with Crippen molar-refractivity contribution in [1.29, 1.82) is 0 Å². The maximum atomic E-state index is 13.3. The molecule has 0 aromatic carbocycles. The van der Waals surface area contributed by atoms with E-state index in [1.54, 1.807) is 0 Å². The number of hydrogen-bond donors (Lipinski definition) is 4. The van der Waals surface area contributed by atoms with Gasteiger partial charge in [0.15, 0.2) is 0 Å². The SMILES string of the molecule is CC(C)C(C)C(O)C(O)C(C)C1CCC2C3CC(=O)C4CC(O)C(O)C[C@]4(C)C3CC[C@]12C. The van der Waals surface area contributed by atoms with Gasteiger partial charge < -0.3 is 20.4 Å². The number of hydrogen-bond acceptors (Lipinski definition) is 5. The molecule has 13 atom stereocenters. The van der Waals surface area contributed by atoms with Crippen LogP contribution in [0.2, 0.25) is 0 Å². The Morgan fingerprint density at radius 2 is 1.52 bits per heavy atom. The third-order valence-corrected chi connectivity index (χ3v) is 11.7. The Hall–Kier alpha value is -0.490. The van der Waals surface area contributed by atoms with Crippen molar-refractivity contribution >= 4 is 5.78 Å². The van der Waals surface area contributed by atoms with Crippen LogP contribution in [0.25, 0.3) is 0 Å². The molecule has 0 spiro atoms. The lowest BCUT2D eigenvalue weighted by Crippen LogP contribution is -2.59. The highest BCUT2D eigenvalue weighted by molar-refractivity contribution is 5.83. The van der Waals surface area contributed by atoms with Crippen molar-refractivity contribution in [3.63, 3.8) is 0 Å². The van der Waals surface area contributed by atoms with Gasteiger partial charge in [-0.3, -0.25) is 4.79 Å². The van der Waals surface area contributed by atoms with Gasteiger partial charge in [-0.15, -0.1) is 0 Å². The molecule has 4 rings (SSSR count). The lowest BCUT2D eigenvalue weighted by atomic mass is 9.44. The van der Waals surface area contributed by atoms with E-state index in [1.165, 1.54) is 0 Å². The summed E-state index contributed by atoms with van der Waals surface area (Å²) in [7, 11) is 0. The van der Waals surface area contributed by atoms with Crippen LogP contribution in [-0.4, -0.2) is 50.6 Å². The standard InChI is InChI=1S/C28H48O5/c1-14(2)15(3)25(32)26(33)16(4)18-7-8-19-17-11-22(29)21-12-23(30)24(31)13-28(21,6)20(17)9-10-27(18,19)5/h14-21,23-26,30-33H,7-13H2,1-6H3/t15?,16?,17?,18?,19?,20?,21?,23?,24?,25?,26?,27-,28-/m1/s1. The first kappa shape index (κ1) is 25.6. The second-order valence-corrected chi connectivity index (χ2v) is 13.4. The zero-order chi connectivity index (χ0) is 24.5. The highest BCUT2D eigenvalue weighted by Crippen LogP contribution is 2.67. The minimum atomic E-state index is -0.782. The first-order valence-corrected chi connectivity index (χ1v) is 13.6. The number of Topliss-reactive ketones (excluding diaryl/α,β-unsaturated/α-hetero) is 1. The zero-order valence-corrected chi connectivity index (χ0v) is 21.6. The van der Waals surface area contributed by atoms with E-state index in [2.05, 4.69) is 34.6 Å². The van der Waals surface area contributed by atoms with Crippen molar-refractivity contribution < 1.29 is 25.2 Å². The number of ketones is 1. The van der Waals surface area contributed by atoms with Gasteiger partial charge in [0.2, 0.25) is 0 Å². The average molecular weight is 465 g/mol. The predicted octanol–water partition coefficient (Wildman–Crippen LogP) is 3.81. The second-order valence-electron chi connectivity index (χ2n) is 13.4. The molecule has 0 aliphatic heterocycles. The van der Waals surface area contributed by atoms with Gasteiger partial charge in [-0.1, -0.05) is 41.5 Å². The molecule has 4 aliphatic rings. The van der Waals surface area contributed by atoms with E-state index < -0.39 is 24.4 Å². The molecule has 0 aromatic heterocycles. The molecule has 5 nitrogen and oxygen atoms in total. The lowest BCUT2D eigenvalue weighted by molar-refractivity contribution is -0.175. The van der Waals surface area contributed by atoms with Gasteiger partial charge >= 0.3 is 0 Å². The molecule has 5 heteroatoms. The molecular weight excluding hydrogens is 416 g/mol. The Labute approximate surface area is 200 Å². The monoisotopic (exact) mass is 464 g/mol. The van der Waals surface area contributed by atoms with Gasteiger partial charge in [0.25, 0.3) is 0 Å². The van der Waals surface area contributed by atoms with E-state index in [-0.39, 0.29) is 34.4 Å². The summed E-state index contributed by atoms with van der Waals surface area (Å²) in [5, 5.41) is 42.8. The van der Waals surface area contributed by atoms with Crippen LogP contribution in [0.4, 0.5) is 0 Å². The van der Waals surface area contributed by atoms with Crippen LogP contribution in [-0.2, 0) is 4.79 Å². The fourth-order valence-corrected chi connectivity index (χ4v) is 9.23. The van der Waals surface area contributed by atoms with Gasteiger partial charge in [-0.2, -0.15) is 0 Å². The van der Waals surface area contributed by atoms with E-state index in [4.69, 9.17) is 0 Å². The number of rotatable bonds is 5. The number of aliphatic hydroxyl groups excluding tert-OH is 4. The largest absolute Gasteiger partial charge is 0.390 e. The molecule has 0 heterocycles. The normalized spacial score (nSPS) is 49.1. The first-order valence-electron chi connectivity index (χ1n) is 13.6. The molecule has 4 saturated carbocycles. The third kappa shape index (κ3) is 3.93.